The summed E-state index contributed by atoms with van der Waals surface area (Å²) in [4.78, 5) is 12.2. The first-order valence-corrected chi connectivity index (χ1v) is 3.68. The second-order valence-corrected chi connectivity index (χ2v) is 2.96. The van der Waals surface area contributed by atoms with Crippen molar-refractivity contribution in [2.24, 2.45) is 0 Å². The number of halogens is 1. The predicted octanol–water partition coefficient (Wildman–Crippen LogP) is 0.247. The SMILES string of the molecule is C[C@@H]1CN(C=O)[C@H](C)CN1.Cl. The average molecular weight is 179 g/mol. The van der Waals surface area contributed by atoms with Gasteiger partial charge in [0, 0.05) is 25.2 Å². The lowest BCUT2D eigenvalue weighted by atomic mass is 10.2. The summed E-state index contributed by atoms with van der Waals surface area (Å²) < 4.78 is 0. The molecule has 0 unspecified atom stereocenters. The summed E-state index contributed by atoms with van der Waals surface area (Å²) in [7, 11) is 0. The largest absolute Gasteiger partial charge is 0.340 e. The van der Waals surface area contributed by atoms with Crippen LogP contribution in [0, 0.1) is 0 Å². The number of amides is 1. The number of rotatable bonds is 1. The van der Waals surface area contributed by atoms with Gasteiger partial charge in [-0.15, -0.1) is 12.4 Å². The molecule has 0 radical (unpaired) electrons. The van der Waals surface area contributed by atoms with Crippen molar-refractivity contribution >= 4 is 18.8 Å². The van der Waals surface area contributed by atoms with Gasteiger partial charge in [-0.1, -0.05) is 0 Å². The molecule has 66 valence electrons. The highest BCUT2D eigenvalue weighted by atomic mass is 35.5. The van der Waals surface area contributed by atoms with E-state index in [2.05, 4.69) is 12.2 Å². The normalized spacial score (nSPS) is 30.9. The quantitative estimate of drug-likeness (QED) is 0.584. The first kappa shape index (κ1) is 10.7. The van der Waals surface area contributed by atoms with Gasteiger partial charge in [-0.05, 0) is 13.8 Å². The van der Waals surface area contributed by atoms with Crippen LogP contribution in [0.3, 0.4) is 0 Å². The van der Waals surface area contributed by atoms with Crippen LogP contribution in [0.4, 0.5) is 0 Å². The Labute approximate surface area is 73.5 Å². The zero-order valence-electron chi connectivity index (χ0n) is 6.91. The number of hydrogen-bond acceptors (Lipinski definition) is 2. The number of carbonyl (C=O) groups is 1. The van der Waals surface area contributed by atoms with Gasteiger partial charge in [0.05, 0.1) is 0 Å². The van der Waals surface area contributed by atoms with Crippen molar-refractivity contribution in [3.05, 3.63) is 0 Å². The molecule has 1 amide bonds. The molecule has 0 aromatic rings. The van der Waals surface area contributed by atoms with Crippen LogP contribution in [0.2, 0.25) is 0 Å². The molecule has 0 saturated carbocycles. The zero-order valence-corrected chi connectivity index (χ0v) is 7.73. The van der Waals surface area contributed by atoms with Crippen LogP contribution in [-0.2, 0) is 4.79 Å². The maximum atomic E-state index is 10.4. The van der Waals surface area contributed by atoms with Gasteiger partial charge in [0.2, 0.25) is 6.41 Å². The van der Waals surface area contributed by atoms with Gasteiger partial charge in [-0.3, -0.25) is 4.79 Å². The fraction of sp³-hybridized carbons (Fsp3) is 0.857. The third kappa shape index (κ3) is 2.67. The number of hydrogen-bond donors (Lipinski definition) is 1. The summed E-state index contributed by atoms with van der Waals surface area (Å²) in [6.45, 7) is 5.89. The Hall–Kier alpha value is -0.280. The molecule has 1 fully saturated rings. The first-order valence-electron chi connectivity index (χ1n) is 3.68. The van der Waals surface area contributed by atoms with E-state index in [0.717, 1.165) is 19.5 Å². The second kappa shape index (κ2) is 4.57. The van der Waals surface area contributed by atoms with Gasteiger partial charge in [-0.2, -0.15) is 0 Å². The van der Waals surface area contributed by atoms with Gasteiger partial charge in [-0.25, -0.2) is 0 Å². The zero-order chi connectivity index (χ0) is 7.56. The summed E-state index contributed by atoms with van der Waals surface area (Å²) in [6, 6.07) is 0.801. The highest BCUT2D eigenvalue weighted by molar-refractivity contribution is 5.85. The molecule has 1 heterocycles. The fourth-order valence-electron chi connectivity index (χ4n) is 1.20. The third-order valence-corrected chi connectivity index (χ3v) is 1.95. The molecule has 0 spiro atoms. The Morgan fingerprint density at radius 2 is 2.18 bits per heavy atom. The minimum absolute atomic E-state index is 0. The molecule has 1 aliphatic rings. The highest BCUT2D eigenvalue weighted by Gasteiger charge is 2.19. The summed E-state index contributed by atoms with van der Waals surface area (Å²) in [5, 5.41) is 3.30. The van der Waals surface area contributed by atoms with Crippen molar-refractivity contribution < 1.29 is 4.79 Å². The van der Waals surface area contributed by atoms with Crippen molar-refractivity contribution in [2.45, 2.75) is 25.9 Å². The van der Waals surface area contributed by atoms with Gasteiger partial charge < -0.3 is 10.2 Å². The van der Waals surface area contributed by atoms with E-state index in [4.69, 9.17) is 0 Å². The van der Waals surface area contributed by atoms with Crippen molar-refractivity contribution in [1.82, 2.24) is 10.2 Å². The number of carbonyl (C=O) groups excluding carboxylic acids is 1. The van der Waals surface area contributed by atoms with Crippen LogP contribution in [0.25, 0.3) is 0 Å². The summed E-state index contributed by atoms with van der Waals surface area (Å²) in [5.41, 5.74) is 0. The lowest BCUT2D eigenvalue weighted by Gasteiger charge is -2.34. The van der Waals surface area contributed by atoms with E-state index >= 15 is 0 Å². The Kier molecular flexibility index (Phi) is 4.45. The molecule has 2 atom stereocenters. The molecule has 1 aliphatic heterocycles. The molecule has 0 aliphatic carbocycles. The van der Waals surface area contributed by atoms with Gasteiger partial charge in [0.1, 0.15) is 0 Å². The van der Waals surface area contributed by atoms with Crippen LogP contribution in [0.15, 0.2) is 0 Å². The minimum atomic E-state index is 0. The molecule has 0 bridgehead atoms. The highest BCUT2D eigenvalue weighted by Crippen LogP contribution is 2.02. The lowest BCUT2D eigenvalue weighted by molar-refractivity contribution is -0.121. The Morgan fingerprint density at radius 1 is 1.55 bits per heavy atom. The van der Waals surface area contributed by atoms with Crippen molar-refractivity contribution in [3.63, 3.8) is 0 Å². The molecule has 1 saturated heterocycles. The minimum Gasteiger partial charge on any atom is -0.340 e. The first-order chi connectivity index (χ1) is 4.74. The summed E-state index contributed by atoms with van der Waals surface area (Å²) in [5.74, 6) is 0. The molecule has 11 heavy (non-hydrogen) atoms. The van der Waals surface area contributed by atoms with Crippen LogP contribution < -0.4 is 5.32 Å². The number of nitrogens with one attached hydrogen (secondary N) is 1. The van der Waals surface area contributed by atoms with Gasteiger partial charge in [0.15, 0.2) is 0 Å². The van der Waals surface area contributed by atoms with E-state index < -0.39 is 0 Å². The molecular weight excluding hydrogens is 164 g/mol. The summed E-state index contributed by atoms with van der Waals surface area (Å²) >= 11 is 0. The maximum absolute atomic E-state index is 10.4. The van der Waals surface area contributed by atoms with E-state index in [0.29, 0.717) is 12.1 Å². The number of piperazine rings is 1. The monoisotopic (exact) mass is 178 g/mol. The molecule has 0 aromatic carbocycles. The number of nitrogens with zero attached hydrogens (tertiary/aromatic N) is 1. The second-order valence-electron chi connectivity index (χ2n) is 2.96. The van der Waals surface area contributed by atoms with E-state index in [1.54, 1.807) is 0 Å². The Morgan fingerprint density at radius 3 is 2.64 bits per heavy atom. The Balaban J connectivity index is 0.000001000. The van der Waals surface area contributed by atoms with Crippen LogP contribution in [0.1, 0.15) is 13.8 Å². The van der Waals surface area contributed by atoms with Gasteiger partial charge in [0.25, 0.3) is 0 Å². The maximum Gasteiger partial charge on any atom is 0.210 e. The average Bonchev–Trinajstić information content (AvgIpc) is 1.94. The van der Waals surface area contributed by atoms with Crippen molar-refractivity contribution in [2.75, 3.05) is 13.1 Å². The van der Waals surface area contributed by atoms with Crippen molar-refractivity contribution in [3.8, 4) is 0 Å². The summed E-state index contributed by atoms with van der Waals surface area (Å²) in [6.07, 6.45) is 0.933. The van der Waals surface area contributed by atoms with E-state index in [1.807, 2.05) is 11.8 Å². The molecule has 3 nitrogen and oxygen atoms in total. The molecule has 4 heteroatoms. The Bertz CT molecular complexity index is 132. The van der Waals surface area contributed by atoms with Gasteiger partial charge >= 0.3 is 0 Å². The smallest absolute Gasteiger partial charge is 0.210 e. The fourth-order valence-corrected chi connectivity index (χ4v) is 1.20. The standard InChI is InChI=1S/C7H14N2O.ClH/c1-6-4-9(5-10)7(2)3-8-6;/h5-8H,3-4H2,1-2H3;1H/t6-,7-;/m1./s1. The molecule has 0 aromatic heterocycles. The van der Waals surface area contributed by atoms with Crippen molar-refractivity contribution in [1.29, 1.82) is 0 Å². The van der Waals surface area contributed by atoms with E-state index in [1.165, 1.54) is 0 Å². The topological polar surface area (TPSA) is 32.3 Å². The molecule has 1 rings (SSSR count). The van der Waals surface area contributed by atoms with E-state index in [9.17, 15) is 4.79 Å². The predicted molar refractivity (Wildman–Crippen MR) is 46.9 cm³/mol. The lowest BCUT2D eigenvalue weighted by Crippen LogP contribution is -2.53. The van der Waals surface area contributed by atoms with Crippen LogP contribution >= 0.6 is 12.4 Å². The third-order valence-electron chi connectivity index (χ3n) is 1.95. The van der Waals surface area contributed by atoms with Crippen LogP contribution in [-0.4, -0.2) is 36.5 Å². The van der Waals surface area contributed by atoms with Crippen LogP contribution in [0.5, 0.6) is 0 Å². The molecule has 1 N–H and O–H groups in total. The molecular formula is C7H15ClN2O. The van der Waals surface area contributed by atoms with E-state index in [-0.39, 0.29) is 12.4 Å².